The summed E-state index contributed by atoms with van der Waals surface area (Å²) in [4.78, 5) is 0. The third-order valence-electron chi connectivity index (χ3n) is 3.25. The smallest absolute Gasteiger partial charge is 0.161 e. The molecule has 0 atom stereocenters. The van der Waals surface area contributed by atoms with Gasteiger partial charge in [0.25, 0.3) is 0 Å². The van der Waals surface area contributed by atoms with Crippen LogP contribution in [0.3, 0.4) is 0 Å². The van der Waals surface area contributed by atoms with Crippen molar-refractivity contribution >= 4 is 0 Å². The van der Waals surface area contributed by atoms with Crippen molar-refractivity contribution in [2.75, 3.05) is 13.2 Å². The molecule has 1 aromatic carbocycles. The van der Waals surface area contributed by atoms with Crippen LogP contribution in [-0.4, -0.2) is 18.8 Å². The van der Waals surface area contributed by atoms with E-state index < -0.39 is 0 Å². The van der Waals surface area contributed by atoms with Crippen molar-refractivity contribution in [3.63, 3.8) is 0 Å². The Kier molecular flexibility index (Phi) is 4.12. The van der Waals surface area contributed by atoms with E-state index in [1.807, 2.05) is 6.07 Å². The summed E-state index contributed by atoms with van der Waals surface area (Å²) in [6.07, 6.45) is 2.37. The molecule has 0 saturated heterocycles. The molecule has 1 aliphatic heterocycles. The predicted octanol–water partition coefficient (Wildman–Crippen LogP) is 3.13. The minimum Gasteiger partial charge on any atom is -0.486 e. The van der Waals surface area contributed by atoms with E-state index in [9.17, 15) is 0 Å². The molecule has 0 fully saturated rings. The Morgan fingerprint density at radius 3 is 2.61 bits per heavy atom. The van der Waals surface area contributed by atoms with E-state index in [1.165, 1.54) is 18.4 Å². The quantitative estimate of drug-likeness (QED) is 0.869. The highest BCUT2D eigenvalue weighted by molar-refractivity contribution is 5.43. The molecule has 0 bridgehead atoms. The molecular weight excluding hydrogens is 226 g/mol. The first-order valence-corrected chi connectivity index (χ1v) is 6.74. The van der Waals surface area contributed by atoms with E-state index in [2.05, 4.69) is 38.2 Å². The molecule has 0 aromatic heterocycles. The first kappa shape index (κ1) is 13.2. The second-order valence-corrected chi connectivity index (χ2v) is 5.47. The number of ether oxygens (including phenoxy) is 2. The lowest BCUT2D eigenvalue weighted by atomic mass is 9.98. The van der Waals surface area contributed by atoms with Gasteiger partial charge in [-0.3, -0.25) is 0 Å². The Hall–Kier alpha value is -1.22. The van der Waals surface area contributed by atoms with Crippen molar-refractivity contribution in [2.45, 2.75) is 45.7 Å². The van der Waals surface area contributed by atoms with Crippen LogP contribution in [0.15, 0.2) is 18.2 Å². The second-order valence-electron chi connectivity index (χ2n) is 5.47. The highest BCUT2D eigenvalue weighted by Crippen LogP contribution is 2.30. The molecule has 2 rings (SSSR count). The van der Waals surface area contributed by atoms with Gasteiger partial charge in [0.2, 0.25) is 0 Å². The van der Waals surface area contributed by atoms with Gasteiger partial charge >= 0.3 is 0 Å². The molecule has 0 amide bonds. The molecule has 0 saturated carbocycles. The third kappa shape index (κ3) is 3.39. The van der Waals surface area contributed by atoms with E-state index >= 15 is 0 Å². The summed E-state index contributed by atoms with van der Waals surface area (Å²) in [7, 11) is 0. The van der Waals surface area contributed by atoms with Crippen molar-refractivity contribution in [1.29, 1.82) is 0 Å². The van der Waals surface area contributed by atoms with Gasteiger partial charge in [-0.2, -0.15) is 0 Å². The zero-order valence-electron chi connectivity index (χ0n) is 11.6. The SMILES string of the molecule is CCCC(C)(C)NCc1ccc2c(c1)OCCO2. The average molecular weight is 249 g/mol. The summed E-state index contributed by atoms with van der Waals surface area (Å²) in [5, 5.41) is 3.59. The largest absolute Gasteiger partial charge is 0.486 e. The Morgan fingerprint density at radius 1 is 1.17 bits per heavy atom. The highest BCUT2D eigenvalue weighted by atomic mass is 16.6. The lowest BCUT2D eigenvalue weighted by Gasteiger charge is -2.26. The Morgan fingerprint density at radius 2 is 1.89 bits per heavy atom. The minimum atomic E-state index is 0.183. The number of hydrogen-bond donors (Lipinski definition) is 1. The van der Waals surface area contributed by atoms with Crippen molar-refractivity contribution in [3.05, 3.63) is 23.8 Å². The van der Waals surface area contributed by atoms with Crippen LogP contribution in [0, 0.1) is 0 Å². The topological polar surface area (TPSA) is 30.5 Å². The fraction of sp³-hybridized carbons (Fsp3) is 0.600. The van der Waals surface area contributed by atoms with Crippen molar-refractivity contribution in [2.24, 2.45) is 0 Å². The highest BCUT2D eigenvalue weighted by Gasteiger charge is 2.16. The van der Waals surface area contributed by atoms with Gasteiger partial charge in [0.05, 0.1) is 0 Å². The standard InChI is InChI=1S/C15H23NO2/c1-4-7-15(2,3)16-11-12-5-6-13-14(10-12)18-9-8-17-13/h5-6,10,16H,4,7-9,11H2,1-3H3. The number of rotatable bonds is 5. The van der Waals surface area contributed by atoms with Gasteiger partial charge in [-0.15, -0.1) is 0 Å². The molecule has 1 N–H and O–H groups in total. The van der Waals surface area contributed by atoms with Gasteiger partial charge in [-0.05, 0) is 38.0 Å². The predicted molar refractivity (Wildman–Crippen MR) is 73.3 cm³/mol. The van der Waals surface area contributed by atoms with Crippen LogP contribution in [0.5, 0.6) is 11.5 Å². The van der Waals surface area contributed by atoms with Gasteiger partial charge in [0, 0.05) is 12.1 Å². The maximum atomic E-state index is 5.59. The Bertz CT molecular complexity index is 401. The van der Waals surface area contributed by atoms with Crippen LogP contribution in [0.25, 0.3) is 0 Å². The molecule has 0 unspecified atom stereocenters. The fourth-order valence-electron chi connectivity index (χ4n) is 2.25. The number of nitrogens with one attached hydrogen (secondary N) is 1. The lowest BCUT2D eigenvalue weighted by Crippen LogP contribution is -2.38. The molecule has 0 radical (unpaired) electrons. The van der Waals surface area contributed by atoms with Crippen molar-refractivity contribution in [3.8, 4) is 11.5 Å². The van der Waals surface area contributed by atoms with E-state index in [1.54, 1.807) is 0 Å². The number of hydrogen-bond acceptors (Lipinski definition) is 3. The molecule has 3 nitrogen and oxygen atoms in total. The van der Waals surface area contributed by atoms with Gasteiger partial charge in [0.15, 0.2) is 11.5 Å². The summed E-state index contributed by atoms with van der Waals surface area (Å²) in [6, 6.07) is 6.17. The maximum absolute atomic E-state index is 5.59. The Labute approximate surface area is 109 Å². The summed E-state index contributed by atoms with van der Waals surface area (Å²) in [5.74, 6) is 1.73. The number of benzene rings is 1. The number of fused-ring (bicyclic) bond motifs is 1. The molecule has 18 heavy (non-hydrogen) atoms. The van der Waals surface area contributed by atoms with E-state index in [0.29, 0.717) is 13.2 Å². The van der Waals surface area contributed by atoms with Crippen LogP contribution >= 0.6 is 0 Å². The Balaban J connectivity index is 1.98. The van der Waals surface area contributed by atoms with Crippen molar-refractivity contribution in [1.82, 2.24) is 5.32 Å². The molecular formula is C15H23NO2. The van der Waals surface area contributed by atoms with Crippen LogP contribution in [0.1, 0.15) is 39.2 Å². The van der Waals surface area contributed by atoms with Gasteiger partial charge in [0.1, 0.15) is 13.2 Å². The van der Waals surface area contributed by atoms with Crippen LogP contribution in [-0.2, 0) is 6.54 Å². The van der Waals surface area contributed by atoms with E-state index in [0.717, 1.165) is 18.0 Å². The minimum absolute atomic E-state index is 0.183. The first-order chi connectivity index (χ1) is 8.61. The molecule has 1 aliphatic rings. The molecule has 100 valence electrons. The first-order valence-electron chi connectivity index (χ1n) is 6.74. The van der Waals surface area contributed by atoms with Crippen LogP contribution in [0.2, 0.25) is 0 Å². The second kappa shape index (κ2) is 5.61. The third-order valence-corrected chi connectivity index (χ3v) is 3.25. The molecule has 1 aromatic rings. The van der Waals surface area contributed by atoms with Gasteiger partial charge in [-0.25, -0.2) is 0 Å². The zero-order valence-corrected chi connectivity index (χ0v) is 11.6. The monoisotopic (exact) mass is 249 g/mol. The molecule has 0 spiro atoms. The van der Waals surface area contributed by atoms with Gasteiger partial charge < -0.3 is 14.8 Å². The van der Waals surface area contributed by atoms with Crippen molar-refractivity contribution < 1.29 is 9.47 Å². The molecule has 3 heteroatoms. The summed E-state index contributed by atoms with van der Waals surface area (Å²) < 4.78 is 11.1. The van der Waals surface area contributed by atoms with Gasteiger partial charge in [-0.1, -0.05) is 19.4 Å². The summed E-state index contributed by atoms with van der Waals surface area (Å²) in [6.45, 7) is 8.86. The average Bonchev–Trinajstić information content (AvgIpc) is 2.36. The zero-order chi connectivity index (χ0) is 13.0. The molecule has 0 aliphatic carbocycles. The van der Waals surface area contributed by atoms with E-state index in [-0.39, 0.29) is 5.54 Å². The molecule has 1 heterocycles. The summed E-state index contributed by atoms with van der Waals surface area (Å²) >= 11 is 0. The van der Waals surface area contributed by atoms with Crippen LogP contribution in [0.4, 0.5) is 0 Å². The lowest BCUT2D eigenvalue weighted by molar-refractivity contribution is 0.171. The normalized spacial score (nSPS) is 14.6. The maximum Gasteiger partial charge on any atom is 0.161 e. The fourth-order valence-corrected chi connectivity index (χ4v) is 2.25. The summed E-state index contributed by atoms with van der Waals surface area (Å²) in [5.41, 5.74) is 1.42. The van der Waals surface area contributed by atoms with Crippen LogP contribution < -0.4 is 14.8 Å². The van der Waals surface area contributed by atoms with E-state index in [4.69, 9.17) is 9.47 Å².